The monoisotopic (exact) mass is 380 g/mol. The number of carbonyl (C=O) groups is 1. The highest BCUT2D eigenvalue weighted by Gasteiger charge is 2.21. The molecule has 0 aliphatic heterocycles. The Morgan fingerprint density at radius 3 is 2.63 bits per heavy atom. The Morgan fingerprint density at radius 2 is 1.93 bits per heavy atom. The highest BCUT2D eigenvalue weighted by molar-refractivity contribution is 8.00. The Hall–Kier alpha value is -2.60. The van der Waals surface area contributed by atoms with Crippen LogP contribution in [0.2, 0.25) is 0 Å². The maximum Gasteiger partial charge on any atom is 0.237 e. The van der Waals surface area contributed by atoms with E-state index in [1.165, 1.54) is 11.8 Å². The number of thioether (sulfide) groups is 1. The van der Waals surface area contributed by atoms with Crippen molar-refractivity contribution in [3.63, 3.8) is 0 Å². The van der Waals surface area contributed by atoms with Crippen molar-refractivity contribution in [3.05, 3.63) is 59.7 Å². The standard InChI is InChI=1S/C21H24N4OS/c1-5-25-19(18-12-7-6-10-15(18)3)23-24-21(25)27-16(4)20(26)22-17-11-8-9-14(2)13-17/h6-13,16H,5H2,1-4H3,(H,22,26)/t16-/m1/s1. The Morgan fingerprint density at radius 1 is 1.15 bits per heavy atom. The molecule has 0 aliphatic carbocycles. The summed E-state index contributed by atoms with van der Waals surface area (Å²) in [6.45, 7) is 8.76. The van der Waals surface area contributed by atoms with Gasteiger partial charge in [0, 0.05) is 17.8 Å². The summed E-state index contributed by atoms with van der Waals surface area (Å²) in [5, 5.41) is 12.2. The number of benzene rings is 2. The van der Waals surface area contributed by atoms with E-state index in [1.807, 2.05) is 56.3 Å². The first-order valence-electron chi connectivity index (χ1n) is 9.03. The number of amides is 1. The molecule has 5 nitrogen and oxygen atoms in total. The molecule has 0 spiro atoms. The van der Waals surface area contributed by atoms with Crippen LogP contribution in [0, 0.1) is 13.8 Å². The summed E-state index contributed by atoms with van der Waals surface area (Å²) < 4.78 is 2.06. The van der Waals surface area contributed by atoms with Gasteiger partial charge in [-0.15, -0.1) is 10.2 Å². The number of carbonyl (C=O) groups excluding carboxylic acids is 1. The second-order valence-corrected chi connectivity index (χ2v) is 7.79. The summed E-state index contributed by atoms with van der Waals surface area (Å²) >= 11 is 1.42. The number of hydrogen-bond acceptors (Lipinski definition) is 4. The first-order chi connectivity index (χ1) is 13.0. The van der Waals surface area contributed by atoms with Crippen molar-refractivity contribution in [1.29, 1.82) is 0 Å². The van der Waals surface area contributed by atoms with Crippen molar-refractivity contribution in [2.45, 2.75) is 44.6 Å². The van der Waals surface area contributed by atoms with E-state index in [2.05, 4.69) is 40.0 Å². The molecule has 6 heteroatoms. The minimum absolute atomic E-state index is 0.0475. The predicted molar refractivity (Wildman–Crippen MR) is 111 cm³/mol. The zero-order chi connectivity index (χ0) is 19.4. The van der Waals surface area contributed by atoms with Crippen LogP contribution in [0.15, 0.2) is 53.7 Å². The van der Waals surface area contributed by atoms with E-state index in [0.717, 1.165) is 39.9 Å². The number of nitrogens with one attached hydrogen (secondary N) is 1. The summed E-state index contributed by atoms with van der Waals surface area (Å²) in [7, 11) is 0. The van der Waals surface area contributed by atoms with E-state index in [1.54, 1.807) is 0 Å². The largest absolute Gasteiger partial charge is 0.325 e. The average Bonchev–Trinajstić information content (AvgIpc) is 3.04. The van der Waals surface area contributed by atoms with Crippen LogP contribution in [-0.2, 0) is 11.3 Å². The van der Waals surface area contributed by atoms with Gasteiger partial charge in [0.2, 0.25) is 5.91 Å². The lowest BCUT2D eigenvalue weighted by Gasteiger charge is -2.13. The van der Waals surface area contributed by atoms with E-state index >= 15 is 0 Å². The Labute approximate surface area is 164 Å². The van der Waals surface area contributed by atoms with Gasteiger partial charge in [0.25, 0.3) is 0 Å². The lowest BCUT2D eigenvalue weighted by Crippen LogP contribution is -2.23. The van der Waals surface area contributed by atoms with Gasteiger partial charge >= 0.3 is 0 Å². The molecule has 3 aromatic rings. The van der Waals surface area contributed by atoms with Crippen molar-refractivity contribution >= 4 is 23.4 Å². The molecule has 0 radical (unpaired) electrons. The molecule has 0 unspecified atom stereocenters. The molecule has 1 amide bonds. The van der Waals surface area contributed by atoms with E-state index in [-0.39, 0.29) is 11.2 Å². The third-order valence-electron chi connectivity index (χ3n) is 4.36. The van der Waals surface area contributed by atoms with Gasteiger partial charge in [-0.05, 0) is 51.0 Å². The molecule has 0 aliphatic rings. The number of nitrogens with zero attached hydrogens (tertiary/aromatic N) is 3. The summed E-state index contributed by atoms with van der Waals surface area (Å²) in [6, 6.07) is 15.9. The van der Waals surface area contributed by atoms with Gasteiger partial charge in [-0.25, -0.2) is 0 Å². The van der Waals surface area contributed by atoms with E-state index in [0.29, 0.717) is 0 Å². The molecule has 27 heavy (non-hydrogen) atoms. The summed E-state index contributed by atoms with van der Waals surface area (Å²) in [5.41, 5.74) is 4.14. The molecule has 1 aromatic heterocycles. The number of hydrogen-bond donors (Lipinski definition) is 1. The van der Waals surface area contributed by atoms with Crippen LogP contribution in [0.25, 0.3) is 11.4 Å². The predicted octanol–water partition coefficient (Wildman–Crippen LogP) is 4.70. The third kappa shape index (κ3) is 4.39. The van der Waals surface area contributed by atoms with Crippen molar-refractivity contribution in [1.82, 2.24) is 14.8 Å². The Balaban J connectivity index is 1.77. The fourth-order valence-electron chi connectivity index (χ4n) is 2.86. The van der Waals surface area contributed by atoms with Crippen molar-refractivity contribution in [3.8, 4) is 11.4 Å². The summed E-state index contributed by atoms with van der Waals surface area (Å²) in [6.07, 6.45) is 0. The zero-order valence-electron chi connectivity index (χ0n) is 16.1. The Bertz CT molecular complexity index is 951. The number of aryl methyl sites for hydroxylation is 2. The van der Waals surface area contributed by atoms with E-state index in [9.17, 15) is 4.79 Å². The fraction of sp³-hybridized carbons (Fsp3) is 0.286. The van der Waals surface area contributed by atoms with Crippen LogP contribution in [0.1, 0.15) is 25.0 Å². The lowest BCUT2D eigenvalue weighted by molar-refractivity contribution is -0.115. The Kier molecular flexibility index (Phi) is 5.96. The van der Waals surface area contributed by atoms with Crippen LogP contribution >= 0.6 is 11.8 Å². The summed E-state index contributed by atoms with van der Waals surface area (Å²) in [4.78, 5) is 12.6. The van der Waals surface area contributed by atoms with Crippen molar-refractivity contribution in [2.75, 3.05) is 5.32 Å². The molecule has 0 saturated carbocycles. The molecular weight excluding hydrogens is 356 g/mol. The van der Waals surface area contributed by atoms with Crippen LogP contribution in [0.4, 0.5) is 5.69 Å². The average molecular weight is 381 g/mol. The molecule has 3 rings (SSSR count). The molecular formula is C21H24N4OS. The van der Waals surface area contributed by atoms with Crippen molar-refractivity contribution < 1.29 is 4.79 Å². The van der Waals surface area contributed by atoms with Crippen LogP contribution in [0.5, 0.6) is 0 Å². The maximum atomic E-state index is 12.6. The molecule has 1 heterocycles. The van der Waals surface area contributed by atoms with Gasteiger partial charge in [0.15, 0.2) is 11.0 Å². The molecule has 0 fully saturated rings. The van der Waals surface area contributed by atoms with E-state index in [4.69, 9.17) is 0 Å². The van der Waals surface area contributed by atoms with Gasteiger partial charge in [0.05, 0.1) is 5.25 Å². The van der Waals surface area contributed by atoms with Gasteiger partial charge in [-0.2, -0.15) is 0 Å². The third-order valence-corrected chi connectivity index (χ3v) is 5.44. The molecule has 0 bridgehead atoms. The first-order valence-corrected chi connectivity index (χ1v) is 9.91. The van der Waals surface area contributed by atoms with Crippen LogP contribution in [-0.4, -0.2) is 25.9 Å². The second-order valence-electron chi connectivity index (χ2n) is 6.48. The van der Waals surface area contributed by atoms with Crippen molar-refractivity contribution in [2.24, 2.45) is 0 Å². The summed E-state index contributed by atoms with van der Waals surface area (Å²) in [5.74, 6) is 0.790. The van der Waals surface area contributed by atoms with Crippen LogP contribution < -0.4 is 5.32 Å². The fourth-order valence-corrected chi connectivity index (χ4v) is 3.78. The highest BCUT2D eigenvalue weighted by atomic mass is 32.2. The lowest BCUT2D eigenvalue weighted by atomic mass is 10.1. The normalized spacial score (nSPS) is 12.0. The molecule has 2 aromatic carbocycles. The molecule has 140 valence electrons. The molecule has 0 saturated heterocycles. The maximum absolute atomic E-state index is 12.6. The minimum Gasteiger partial charge on any atom is -0.325 e. The quantitative estimate of drug-likeness (QED) is 0.630. The molecule has 1 atom stereocenters. The van der Waals surface area contributed by atoms with Gasteiger partial charge < -0.3 is 9.88 Å². The topological polar surface area (TPSA) is 59.8 Å². The number of anilines is 1. The first kappa shape index (κ1) is 19.2. The molecule has 1 N–H and O–H groups in total. The van der Waals surface area contributed by atoms with E-state index < -0.39 is 0 Å². The van der Waals surface area contributed by atoms with Crippen LogP contribution in [0.3, 0.4) is 0 Å². The number of rotatable bonds is 6. The van der Waals surface area contributed by atoms with Gasteiger partial charge in [-0.1, -0.05) is 48.2 Å². The zero-order valence-corrected chi connectivity index (χ0v) is 16.9. The minimum atomic E-state index is -0.287. The van der Waals surface area contributed by atoms with Gasteiger partial charge in [-0.3, -0.25) is 4.79 Å². The SMILES string of the molecule is CCn1c(S[C@H](C)C(=O)Nc2cccc(C)c2)nnc1-c1ccccc1C. The van der Waals surface area contributed by atoms with Gasteiger partial charge in [0.1, 0.15) is 0 Å². The smallest absolute Gasteiger partial charge is 0.237 e. The second kappa shape index (κ2) is 8.39. The highest BCUT2D eigenvalue weighted by Crippen LogP contribution is 2.28. The number of aromatic nitrogens is 3.